The van der Waals surface area contributed by atoms with Crippen LogP contribution in [0.2, 0.25) is 0 Å². The third-order valence-electron chi connectivity index (χ3n) is 1.46. The van der Waals surface area contributed by atoms with Gasteiger partial charge < -0.3 is 4.89 Å². The fourth-order valence-electron chi connectivity index (χ4n) is 0.947. The lowest BCUT2D eigenvalue weighted by atomic mass is 10.2. The molecule has 1 aromatic rings. The highest BCUT2D eigenvalue weighted by atomic mass is 17.2. The zero-order chi connectivity index (χ0) is 7.52. The van der Waals surface area contributed by atoms with Gasteiger partial charge in [-0.3, -0.25) is 0 Å². The van der Waals surface area contributed by atoms with Crippen molar-refractivity contribution >= 4 is 6.08 Å². The molecule has 0 spiro atoms. The molecule has 0 aromatic heterocycles. The first-order chi connectivity index (χ1) is 5.47. The molecule has 0 saturated heterocycles. The van der Waals surface area contributed by atoms with Crippen molar-refractivity contribution in [1.29, 1.82) is 0 Å². The van der Waals surface area contributed by atoms with Crippen molar-refractivity contribution in [2.45, 2.75) is 0 Å². The number of hydrogen-bond acceptors (Lipinski definition) is 2. The van der Waals surface area contributed by atoms with E-state index in [4.69, 9.17) is 9.78 Å². The zero-order valence-electron chi connectivity index (χ0n) is 5.91. The van der Waals surface area contributed by atoms with Crippen LogP contribution in [0.1, 0.15) is 5.56 Å². The quantitative estimate of drug-likeness (QED) is 0.521. The van der Waals surface area contributed by atoms with E-state index in [9.17, 15) is 0 Å². The monoisotopic (exact) mass is 147 g/mol. The van der Waals surface area contributed by atoms with E-state index in [-0.39, 0.29) is 0 Å². The summed E-state index contributed by atoms with van der Waals surface area (Å²) in [5, 5.41) is 0. The first-order valence-electron chi connectivity index (χ1n) is 3.43. The summed E-state index contributed by atoms with van der Waals surface area (Å²) in [5.41, 5.74) is 1.00. The molecule has 0 N–H and O–H groups in total. The molecule has 0 saturated carbocycles. The van der Waals surface area contributed by atoms with Crippen LogP contribution < -0.4 is 4.89 Å². The standard InChI is InChI=1S/C9H7O2/c1-2-6-9-8(4-1)5-3-7-10-11-9/h2-6H,7H2. The van der Waals surface area contributed by atoms with Gasteiger partial charge in [-0.05, 0) is 18.2 Å². The van der Waals surface area contributed by atoms with Crippen LogP contribution >= 0.6 is 0 Å². The number of fused-ring (bicyclic) bond motifs is 1. The van der Waals surface area contributed by atoms with Crippen molar-refractivity contribution in [2.24, 2.45) is 0 Å². The third-order valence-corrected chi connectivity index (χ3v) is 1.46. The average molecular weight is 147 g/mol. The Morgan fingerprint density at radius 3 is 3.45 bits per heavy atom. The molecule has 2 nitrogen and oxygen atoms in total. The SMILES string of the molecule is [c]1ccc2c(c1)C=CCOO2. The summed E-state index contributed by atoms with van der Waals surface area (Å²) >= 11 is 0. The summed E-state index contributed by atoms with van der Waals surface area (Å²) in [7, 11) is 0. The maximum atomic E-state index is 4.97. The predicted octanol–water partition coefficient (Wildman–Crippen LogP) is 1.82. The first-order valence-corrected chi connectivity index (χ1v) is 3.43. The largest absolute Gasteiger partial charge is 0.337 e. The Kier molecular flexibility index (Phi) is 1.61. The van der Waals surface area contributed by atoms with Gasteiger partial charge in [-0.25, -0.2) is 0 Å². The van der Waals surface area contributed by atoms with Crippen LogP contribution in [0, 0.1) is 6.07 Å². The molecule has 11 heavy (non-hydrogen) atoms. The summed E-state index contributed by atoms with van der Waals surface area (Å²) in [4.78, 5) is 9.79. The molecule has 0 bridgehead atoms. The maximum Gasteiger partial charge on any atom is 0.172 e. The highest BCUT2D eigenvalue weighted by Crippen LogP contribution is 2.20. The van der Waals surface area contributed by atoms with Crippen molar-refractivity contribution in [2.75, 3.05) is 6.61 Å². The van der Waals surface area contributed by atoms with Gasteiger partial charge in [0.15, 0.2) is 5.75 Å². The topological polar surface area (TPSA) is 18.5 Å². The molecular weight excluding hydrogens is 140 g/mol. The summed E-state index contributed by atoms with van der Waals surface area (Å²) < 4.78 is 0. The Bertz CT molecular complexity index is 279. The average Bonchev–Trinajstić information content (AvgIpc) is 2.28. The molecule has 1 aromatic carbocycles. The van der Waals surface area contributed by atoms with Gasteiger partial charge in [0.05, 0.1) is 0 Å². The highest BCUT2D eigenvalue weighted by molar-refractivity contribution is 5.57. The van der Waals surface area contributed by atoms with Crippen LogP contribution in [0.25, 0.3) is 6.08 Å². The Balaban J connectivity index is 2.45. The van der Waals surface area contributed by atoms with Crippen molar-refractivity contribution in [3.8, 4) is 5.75 Å². The molecule has 0 unspecified atom stereocenters. The molecule has 2 heteroatoms. The Hall–Kier alpha value is -1.28. The minimum absolute atomic E-state index is 0.495. The highest BCUT2D eigenvalue weighted by Gasteiger charge is 2.02. The number of hydrogen-bond donors (Lipinski definition) is 0. The molecule has 0 aliphatic carbocycles. The number of rotatable bonds is 0. The van der Waals surface area contributed by atoms with Crippen LogP contribution in [0.5, 0.6) is 5.75 Å². The van der Waals surface area contributed by atoms with E-state index in [1.165, 1.54) is 0 Å². The van der Waals surface area contributed by atoms with Crippen LogP contribution in [-0.4, -0.2) is 6.61 Å². The second kappa shape index (κ2) is 2.76. The van der Waals surface area contributed by atoms with E-state index in [0.717, 1.165) is 11.3 Å². The van der Waals surface area contributed by atoms with Gasteiger partial charge in [0.2, 0.25) is 0 Å². The van der Waals surface area contributed by atoms with Crippen molar-refractivity contribution in [3.05, 3.63) is 35.9 Å². The van der Waals surface area contributed by atoms with Gasteiger partial charge >= 0.3 is 0 Å². The lowest BCUT2D eigenvalue weighted by molar-refractivity contribution is -0.194. The van der Waals surface area contributed by atoms with Gasteiger partial charge in [0, 0.05) is 5.56 Å². The van der Waals surface area contributed by atoms with Crippen molar-refractivity contribution in [3.63, 3.8) is 0 Å². The van der Waals surface area contributed by atoms with Crippen LogP contribution in [0.15, 0.2) is 24.3 Å². The Labute approximate surface area is 65.0 Å². The normalized spacial score (nSPS) is 14.9. The number of benzene rings is 1. The second-order valence-electron chi connectivity index (χ2n) is 2.23. The van der Waals surface area contributed by atoms with Gasteiger partial charge in [-0.15, -0.1) is 0 Å². The molecular formula is C9H7O2. The molecule has 1 radical (unpaired) electrons. The van der Waals surface area contributed by atoms with Crippen LogP contribution in [0.4, 0.5) is 0 Å². The molecule has 1 heterocycles. The lowest BCUT2D eigenvalue weighted by Crippen LogP contribution is -1.94. The van der Waals surface area contributed by atoms with Crippen molar-refractivity contribution < 1.29 is 9.78 Å². The summed E-state index contributed by atoms with van der Waals surface area (Å²) in [6.07, 6.45) is 3.86. The van der Waals surface area contributed by atoms with E-state index in [2.05, 4.69) is 6.07 Å². The van der Waals surface area contributed by atoms with Crippen LogP contribution in [-0.2, 0) is 4.89 Å². The van der Waals surface area contributed by atoms with E-state index in [1.807, 2.05) is 24.3 Å². The Morgan fingerprint density at radius 2 is 2.45 bits per heavy atom. The van der Waals surface area contributed by atoms with E-state index < -0.39 is 0 Å². The molecule has 0 amide bonds. The van der Waals surface area contributed by atoms with Crippen LogP contribution in [0.3, 0.4) is 0 Å². The fourth-order valence-corrected chi connectivity index (χ4v) is 0.947. The maximum absolute atomic E-state index is 4.97. The molecule has 55 valence electrons. The van der Waals surface area contributed by atoms with E-state index in [0.29, 0.717) is 6.61 Å². The molecule has 0 fully saturated rings. The van der Waals surface area contributed by atoms with Gasteiger partial charge in [-0.1, -0.05) is 18.2 Å². The summed E-state index contributed by atoms with van der Waals surface area (Å²) in [6, 6.07) is 8.44. The minimum Gasteiger partial charge on any atom is -0.337 e. The molecule has 0 atom stereocenters. The predicted molar refractivity (Wildman–Crippen MR) is 40.9 cm³/mol. The van der Waals surface area contributed by atoms with Gasteiger partial charge in [0.1, 0.15) is 6.61 Å². The second-order valence-corrected chi connectivity index (χ2v) is 2.23. The van der Waals surface area contributed by atoms with Gasteiger partial charge in [0.25, 0.3) is 0 Å². The smallest absolute Gasteiger partial charge is 0.172 e. The molecule has 1 aliphatic heterocycles. The van der Waals surface area contributed by atoms with Crippen molar-refractivity contribution in [1.82, 2.24) is 0 Å². The van der Waals surface area contributed by atoms with E-state index >= 15 is 0 Å². The fraction of sp³-hybridized carbons (Fsp3) is 0.111. The Morgan fingerprint density at radius 1 is 1.45 bits per heavy atom. The lowest BCUT2D eigenvalue weighted by Gasteiger charge is -2.01. The third kappa shape index (κ3) is 1.25. The summed E-state index contributed by atoms with van der Waals surface area (Å²) in [6.45, 7) is 0.495. The zero-order valence-corrected chi connectivity index (χ0v) is 5.91. The molecule has 1 aliphatic rings. The van der Waals surface area contributed by atoms with Gasteiger partial charge in [-0.2, -0.15) is 4.89 Å². The minimum atomic E-state index is 0.495. The first kappa shape index (κ1) is 6.43. The molecule has 2 rings (SSSR count). The van der Waals surface area contributed by atoms with E-state index in [1.54, 1.807) is 6.07 Å². The summed E-state index contributed by atoms with van der Waals surface area (Å²) in [5.74, 6) is 0.748.